The van der Waals surface area contributed by atoms with E-state index < -0.39 is 47.6 Å². The van der Waals surface area contributed by atoms with Crippen molar-refractivity contribution < 1.29 is 43.0 Å². The number of nitrogens with one attached hydrogen (secondary N) is 3. The van der Waals surface area contributed by atoms with Gasteiger partial charge in [-0.2, -0.15) is 0 Å². The van der Waals surface area contributed by atoms with E-state index >= 15 is 4.39 Å². The van der Waals surface area contributed by atoms with Crippen molar-refractivity contribution in [3.63, 3.8) is 0 Å². The van der Waals surface area contributed by atoms with Gasteiger partial charge < -0.3 is 29.8 Å². The lowest BCUT2D eigenvalue weighted by atomic mass is 9.81. The standard InChI is InChI=1S/C41H42FN5O9/c1-3-41(53)27-15-31-36-25(17-47(31)39(51)26(27)18-54-40(41)52)35-29(13-12-24-21(2)28(42)16-30(44-36)34(24)35)45-38(50)37(23-10-11-23)55-20-43-33(49)19-56-46-32(48)14-9-22-7-5-4-6-8-22/h4-8,15-16,23,29,37,53H,3,9-14,17-20H2,1-2H3,(H,43,49)(H,45,50)(H,46,48)/t29-,37+,41-/m0/s1. The minimum Gasteiger partial charge on any atom is -0.458 e. The smallest absolute Gasteiger partial charge is 0.343 e. The fraction of sp³-hybridized carbons (Fsp3) is 0.415. The highest BCUT2D eigenvalue weighted by atomic mass is 19.1. The quantitative estimate of drug-likeness (QED) is 0.0788. The first-order chi connectivity index (χ1) is 27.0. The summed E-state index contributed by atoms with van der Waals surface area (Å²) in [5.41, 5.74) is 5.04. The average molecular weight is 768 g/mol. The Morgan fingerprint density at radius 1 is 1.09 bits per heavy atom. The summed E-state index contributed by atoms with van der Waals surface area (Å²) in [5, 5.41) is 17.8. The highest BCUT2D eigenvalue weighted by molar-refractivity contribution is 5.94. The molecule has 1 fully saturated rings. The Labute approximate surface area is 320 Å². The van der Waals surface area contributed by atoms with E-state index in [2.05, 4.69) is 16.1 Å². The van der Waals surface area contributed by atoms with E-state index in [9.17, 15) is 29.1 Å². The van der Waals surface area contributed by atoms with E-state index in [1.807, 2.05) is 30.3 Å². The lowest BCUT2D eigenvalue weighted by Gasteiger charge is -2.31. The van der Waals surface area contributed by atoms with Gasteiger partial charge in [-0.05, 0) is 79.7 Å². The zero-order valence-corrected chi connectivity index (χ0v) is 31.0. The number of carbonyl (C=O) groups excluding carboxylic acids is 4. The number of rotatable bonds is 13. The van der Waals surface area contributed by atoms with Crippen LogP contribution in [0, 0.1) is 18.7 Å². The number of hydrogen-bond acceptors (Lipinski definition) is 10. The maximum atomic E-state index is 15.3. The summed E-state index contributed by atoms with van der Waals surface area (Å²) in [6, 6.07) is 11.9. The van der Waals surface area contributed by atoms with Crippen LogP contribution < -0.4 is 21.7 Å². The molecule has 3 amide bonds. The van der Waals surface area contributed by atoms with Crippen LogP contribution in [0.4, 0.5) is 4.39 Å². The number of pyridine rings is 2. The van der Waals surface area contributed by atoms with Crippen LogP contribution in [-0.4, -0.2) is 57.8 Å². The number of amides is 3. The van der Waals surface area contributed by atoms with Crippen molar-refractivity contribution >= 4 is 34.6 Å². The van der Waals surface area contributed by atoms with Crippen LogP contribution in [0.5, 0.6) is 0 Å². The zero-order valence-electron chi connectivity index (χ0n) is 31.0. The molecule has 14 nitrogen and oxygen atoms in total. The monoisotopic (exact) mass is 767 g/mol. The summed E-state index contributed by atoms with van der Waals surface area (Å²) in [5.74, 6) is -2.59. The average Bonchev–Trinajstić information content (AvgIpc) is 3.97. The molecule has 0 bridgehead atoms. The number of aromatic nitrogens is 2. The second-order valence-corrected chi connectivity index (χ2v) is 14.9. The molecule has 0 unspecified atom stereocenters. The third-order valence-electron chi connectivity index (χ3n) is 11.4. The summed E-state index contributed by atoms with van der Waals surface area (Å²) in [4.78, 5) is 75.1. The first-order valence-corrected chi connectivity index (χ1v) is 18.9. The van der Waals surface area contributed by atoms with E-state index in [0.717, 1.165) is 34.9 Å². The van der Waals surface area contributed by atoms with Crippen molar-refractivity contribution in [2.24, 2.45) is 5.92 Å². The van der Waals surface area contributed by atoms with Crippen LogP contribution in [0.25, 0.3) is 22.3 Å². The molecule has 1 saturated carbocycles. The molecule has 4 aromatic rings. The highest BCUT2D eigenvalue weighted by Crippen LogP contribution is 2.46. The number of esters is 1. The third-order valence-corrected chi connectivity index (χ3v) is 11.4. The van der Waals surface area contributed by atoms with Crippen molar-refractivity contribution in [2.45, 2.75) is 89.7 Å². The van der Waals surface area contributed by atoms with Gasteiger partial charge in [0.1, 0.15) is 25.3 Å². The molecule has 0 saturated heterocycles. The molecule has 15 heteroatoms. The Morgan fingerprint density at radius 2 is 1.88 bits per heavy atom. The molecular formula is C41H42FN5O9. The number of halogens is 1. The summed E-state index contributed by atoms with van der Waals surface area (Å²) in [6.07, 6.45) is 2.29. The van der Waals surface area contributed by atoms with Gasteiger partial charge in [0.2, 0.25) is 11.8 Å². The number of hydrogen-bond donors (Lipinski definition) is 4. The van der Waals surface area contributed by atoms with Gasteiger partial charge in [0, 0.05) is 29.0 Å². The number of nitrogens with zero attached hydrogens (tertiary/aromatic N) is 2. The molecule has 2 aromatic carbocycles. The van der Waals surface area contributed by atoms with Crippen molar-refractivity contribution in [3.05, 3.63) is 97.6 Å². The number of hydroxylamine groups is 1. The van der Waals surface area contributed by atoms with E-state index in [0.29, 0.717) is 47.3 Å². The number of fused-ring (bicyclic) bond motifs is 5. The van der Waals surface area contributed by atoms with Crippen LogP contribution in [-0.2, 0) is 65.1 Å². The normalized spacial score (nSPS) is 19.7. The molecule has 292 valence electrons. The van der Waals surface area contributed by atoms with Gasteiger partial charge >= 0.3 is 5.97 Å². The minimum atomic E-state index is -2.01. The van der Waals surface area contributed by atoms with Crippen LogP contribution >= 0.6 is 0 Å². The van der Waals surface area contributed by atoms with Crippen LogP contribution in [0.2, 0.25) is 0 Å². The van der Waals surface area contributed by atoms with E-state index in [4.69, 9.17) is 19.3 Å². The third kappa shape index (κ3) is 6.73. The largest absolute Gasteiger partial charge is 0.458 e. The van der Waals surface area contributed by atoms with Crippen LogP contribution in [0.3, 0.4) is 0 Å². The number of benzene rings is 2. The molecule has 4 heterocycles. The Hall–Kier alpha value is -5.51. The second-order valence-electron chi connectivity index (χ2n) is 14.9. The SMILES string of the molecule is CC[C@@]1(O)C(=O)OCc2c1cc1n(c2=O)Cc2c-1nc1cc(F)c(C)c3c1c2[C@@H](NC(=O)[C@H](OCNC(=O)CONC(=O)CCc1ccccc1)C1CC1)CC3. The van der Waals surface area contributed by atoms with Gasteiger partial charge in [-0.15, -0.1) is 0 Å². The molecule has 4 N–H and O–H groups in total. The minimum absolute atomic E-state index is 0.0115. The van der Waals surface area contributed by atoms with Gasteiger partial charge in [0.05, 0.1) is 35.1 Å². The predicted octanol–water partition coefficient (Wildman–Crippen LogP) is 3.18. The molecule has 56 heavy (non-hydrogen) atoms. The molecule has 0 spiro atoms. The molecule has 0 radical (unpaired) electrons. The molecule has 2 aromatic heterocycles. The van der Waals surface area contributed by atoms with Crippen molar-refractivity contribution in [2.75, 3.05) is 13.3 Å². The summed E-state index contributed by atoms with van der Waals surface area (Å²) in [6.45, 7) is 2.47. The van der Waals surface area contributed by atoms with Gasteiger partial charge in [0.25, 0.3) is 11.5 Å². The number of carbonyl (C=O) groups is 4. The zero-order chi connectivity index (χ0) is 39.3. The number of aliphatic hydroxyl groups is 1. The van der Waals surface area contributed by atoms with Crippen LogP contribution in [0.15, 0.2) is 47.3 Å². The first kappa shape index (κ1) is 37.4. The Bertz CT molecular complexity index is 2340. The number of ether oxygens (including phenoxy) is 2. The number of cyclic esters (lactones) is 1. The first-order valence-electron chi connectivity index (χ1n) is 18.9. The molecule has 2 aliphatic heterocycles. The molecule has 2 aliphatic carbocycles. The van der Waals surface area contributed by atoms with Crippen molar-refractivity contribution in [3.8, 4) is 11.4 Å². The fourth-order valence-electron chi connectivity index (χ4n) is 8.18. The van der Waals surface area contributed by atoms with E-state index in [-0.39, 0.29) is 61.6 Å². The van der Waals surface area contributed by atoms with Gasteiger partial charge in [-0.25, -0.2) is 19.6 Å². The van der Waals surface area contributed by atoms with Crippen molar-refractivity contribution in [1.82, 2.24) is 25.7 Å². The lowest BCUT2D eigenvalue weighted by Crippen LogP contribution is -2.44. The summed E-state index contributed by atoms with van der Waals surface area (Å²) >= 11 is 0. The fourth-order valence-corrected chi connectivity index (χ4v) is 8.18. The highest BCUT2D eigenvalue weighted by Gasteiger charge is 2.46. The maximum absolute atomic E-state index is 15.3. The summed E-state index contributed by atoms with van der Waals surface area (Å²) < 4.78 is 28.0. The Morgan fingerprint density at radius 3 is 2.62 bits per heavy atom. The van der Waals surface area contributed by atoms with E-state index in [1.54, 1.807) is 19.9 Å². The molecule has 4 aliphatic rings. The molecule has 3 atom stereocenters. The topological polar surface area (TPSA) is 187 Å². The van der Waals surface area contributed by atoms with Crippen molar-refractivity contribution in [1.29, 1.82) is 0 Å². The lowest BCUT2D eigenvalue weighted by molar-refractivity contribution is -0.172. The van der Waals surface area contributed by atoms with E-state index in [1.165, 1.54) is 10.6 Å². The Kier molecular flexibility index (Phi) is 9.93. The number of aryl methyl sites for hydroxylation is 2. The molecular weight excluding hydrogens is 725 g/mol. The molecule has 8 rings (SSSR count). The summed E-state index contributed by atoms with van der Waals surface area (Å²) in [7, 11) is 0. The van der Waals surface area contributed by atoms with Crippen LogP contribution in [0.1, 0.15) is 84.0 Å². The van der Waals surface area contributed by atoms with Gasteiger partial charge in [-0.1, -0.05) is 37.3 Å². The Balaban J connectivity index is 0.990. The second kappa shape index (κ2) is 14.9. The predicted molar refractivity (Wildman–Crippen MR) is 198 cm³/mol. The van der Waals surface area contributed by atoms with Gasteiger partial charge in [0.15, 0.2) is 12.2 Å². The maximum Gasteiger partial charge on any atom is 0.343 e. The van der Waals surface area contributed by atoms with Gasteiger partial charge in [-0.3, -0.25) is 24.0 Å².